The molecule has 3 unspecified atom stereocenters. The van der Waals surface area contributed by atoms with Crippen molar-refractivity contribution in [1.29, 1.82) is 0 Å². The van der Waals surface area contributed by atoms with Gasteiger partial charge in [0.05, 0.1) is 33.8 Å². The number of nitrogens with one attached hydrogen (secondary N) is 1. The van der Waals surface area contributed by atoms with Crippen LogP contribution in [-0.4, -0.2) is 69.4 Å². The second-order valence-corrected chi connectivity index (χ2v) is 20.4. The summed E-state index contributed by atoms with van der Waals surface area (Å²) in [6.07, 6.45) is 54.8. The topological polar surface area (TPSA) is 114 Å². The maximum Gasteiger partial charge on any atom is 0.306 e. The molecule has 9 nitrogen and oxygen atoms in total. The summed E-state index contributed by atoms with van der Waals surface area (Å²) in [6.45, 7) is 6.74. The molecule has 0 rings (SSSR count). The van der Waals surface area contributed by atoms with Crippen LogP contribution in [0.4, 0.5) is 0 Å². The molecule has 1 amide bonds. The third-order valence-electron chi connectivity index (χ3n) is 11.5. The van der Waals surface area contributed by atoms with Gasteiger partial charge in [0.15, 0.2) is 0 Å². The Balaban J connectivity index is 5.47. The number of carbonyl (C=O) groups is 2. The lowest BCUT2D eigenvalue weighted by Gasteiger charge is -2.30. The first-order chi connectivity index (χ1) is 31.4. The SMILES string of the molecule is CCCCC/C=C\C/C=C\C/C=C\C/C=C\CCCC(=O)NC(COP(=O)([O-])OCC[N+](C)(C)C)C(/C=C\CCCCCCCCCCC)OC(=O)CCCCCCCCCCCCC. The number of nitrogens with zero attached hydrogens (tertiary/aromatic N) is 1. The highest BCUT2D eigenvalue weighted by Gasteiger charge is 2.27. The highest BCUT2D eigenvalue weighted by Crippen LogP contribution is 2.38. The van der Waals surface area contributed by atoms with Crippen LogP contribution in [0.15, 0.2) is 60.8 Å². The average Bonchev–Trinajstić information content (AvgIpc) is 3.26. The minimum absolute atomic E-state index is 0.0329. The highest BCUT2D eigenvalue weighted by atomic mass is 31.2. The number of phosphoric acid groups is 1. The van der Waals surface area contributed by atoms with Crippen molar-refractivity contribution in [2.45, 2.75) is 238 Å². The molecule has 65 heavy (non-hydrogen) atoms. The summed E-state index contributed by atoms with van der Waals surface area (Å²) in [5.41, 5.74) is 0. The van der Waals surface area contributed by atoms with Crippen LogP contribution in [0.25, 0.3) is 0 Å². The van der Waals surface area contributed by atoms with Gasteiger partial charge in [0, 0.05) is 12.8 Å². The van der Waals surface area contributed by atoms with Crippen molar-refractivity contribution < 1.29 is 37.3 Å². The second kappa shape index (κ2) is 45.5. The van der Waals surface area contributed by atoms with Gasteiger partial charge in [0.1, 0.15) is 19.3 Å². The van der Waals surface area contributed by atoms with Crippen LogP contribution in [0.5, 0.6) is 0 Å². The lowest BCUT2D eigenvalue weighted by molar-refractivity contribution is -0.870. The molecule has 0 aromatic rings. The summed E-state index contributed by atoms with van der Waals surface area (Å²) in [6, 6.07) is -0.913. The Bertz CT molecular complexity index is 1300. The molecule has 0 saturated carbocycles. The first-order valence-electron chi connectivity index (χ1n) is 26.6. The van der Waals surface area contributed by atoms with Crippen molar-refractivity contribution in [3.05, 3.63) is 60.8 Å². The maximum absolute atomic E-state index is 13.4. The van der Waals surface area contributed by atoms with E-state index in [2.05, 4.69) is 74.7 Å². The molecular formula is C55H101N2O7P. The fraction of sp³-hybridized carbons (Fsp3) is 0.782. The number of rotatable bonds is 47. The number of quaternary nitrogens is 1. The second-order valence-electron chi connectivity index (χ2n) is 19.0. The summed E-state index contributed by atoms with van der Waals surface area (Å²) >= 11 is 0. The molecule has 0 fully saturated rings. The lowest BCUT2D eigenvalue weighted by atomic mass is 10.1. The van der Waals surface area contributed by atoms with Crippen LogP contribution in [0.2, 0.25) is 0 Å². The molecule has 1 N–H and O–H groups in total. The Morgan fingerprint density at radius 2 is 0.954 bits per heavy atom. The molecule has 0 heterocycles. The molecule has 0 saturated heterocycles. The molecule has 378 valence electrons. The zero-order valence-corrected chi connectivity index (χ0v) is 43.8. The van der Waals surface area contributed by atoms with Crippen molar-refractivity contribution in [3.63, 3.8) is 0 Å². The Labute approximate surface area is 401 Å². The van der Waals surface area contributed by atoms with Gasteiger partial charge >= 0.3 is 5.97 Å². The van der Waals surface area contributed by atoms with E-state index in [9.17, 15) is 19.0 Å². The summed E-state index contributed by atoms with van der Waals surface area (Å²) in [4.78, 5) is 39.6. The third-order valence-corrected chi connectivity index (χ3v) is 12.4. The number of ether oxygens (including phenoxy) is 1. The first kappa shape index (κ1) is 62.7. The monoisotopic (exact) mass is 933 g/mol. The van der Waals surface area contributed by atoms with Gasteiger partial charge in [-0.3, -0.25) is 14.2 Å². The number of carbonyl (C=O) groups excluding carboxylic acids is 2. The van der Waals surface area contributed by atoms with E-state index >= 15 is 0 Å². The molecular weight excluding hydrogens is 832 g/mol. The van der Waals surface area contributed by atoms with E-state index in [4.69, 9.17) is 13.8 Å². The van der Waals surface area contributed by atoms with Crippen molar-refractivity contribution >= 4 is 19.7 Å². The van der Waals surface area contributed by atoms with Crippen molar-refractivity contribution in [2.24, 2.45) is 0 Å². The molecule has 0 radical (unpaired) electrons. The largest absolute Gasteiger partial charge is 0.756 e. The van der Waals surface area contributed by atoms with Gasteiger partial charge < -0.3 is 28.5 Å². The molecule has 10 heteroatoms. The van der Waals surface area contributed by atoms with E-state index in [-0.39, 0.29) is 31.3 Å². The van der Waals surface area contributed by atoms with Gasteiger partial charge in [-0.05, 0) is 70.3 Å². The Kier molecular flexibility index (Phi) is 43.9. The van der Waals surface area contributed by atoms with E-state index in [0.29, 0.717) is 17.4 Å². The number of hydrogen-bond donors (Lipinski definition) is 1. The third kappa shape index (κ3) is 46.6. The molecule has 0 bridgehead atoms. The van der Waals surface area contributed by atoms with E-state index in [0.717, 1.165) is 64.2 Å². The minimum Gasteiger partial charge on any atom is -0.756 e. The van der Waals surface area contributed by atoms with Gasteiger partial charge in [-0.25, -0.2) is 0 Å². The lowest BCUT2D eigenvalue weighted by Crippen LogP contribution is -2.47. The Morgan fingerprint density at radius 3 is 1.46 bits per heavy atom. The minimum atomic E-state index is -4.70. The normalized spacial score (nSPS) is 14.4. The van der Waals surface area contributed by atoms with Crippen molar-refractivity contribution in [3.8, 4) is 0 Å². The van der Waals surface area contributed by atoms with Gasteiger partial charge in [0.25, 0.3) is 7.82 Å². The molecule has 0 aromatic heterocycles. The van der Waals surface area contributed by atoms with Gasteiger partial charge in [-0.1, -0.05) is 204 Å². The number of esters is 1. The van der Waals surface area contributed by atoms with Crippen molar-refractivity contribution in [2.75, 3.05) is 40.9 Å². The summed E-state index contributed by atoms with van der Waals surface area (Å²) in [7, 11) is 1.15. The molecule has 3 atom stereocenters. The Hall–Kier alpha value is -2.29. The van der Waals surface area contributed by atoms with Crippen LogP contribution >= 0.6 is 7.82 Å². The quantitative estimate of drug-likeness (QED) is 0.0212. The van der Waals surface area contributed by atoms with Crippen LogP contribution < -0.4 is 10.2 Å². The van der Waals surface area contributed by atoms with Crippen LogP contribution in [0.3, 0.4) is 0 Å². The molecule has 0 aromatic carbocycles. The number of allylic oxidation sites excluding steroid dienone is 9. The first-order valence-corrected chi connectivity index (χ1v) is 28.1. The number of phosphoric ester groups is 1. The van der Waals surface area contributed by atoms with E-state index < -0.39 is 26.6 Å². The Morgan fingerprint density at radius 1 is 0.538 bits per heavy atom. The molecule has 0 spiro atoms. The number of unbranched alkanes of at least 4 members (excludes halogenated alkanes) is 23. The number of amides is 1. The fourth-order valence-electron chi connectivity index (χ4n) is 7.28. The van der Waals surface area contributed by atoms with E-state index in [1.54, 1.807) is 0 Å². The summed E-state index contributed by atoms with van der Waals surface area (Å²) in [5, 5.41) is 2.97. The summed E-state index contributed by atoms with van der Waals surface area (Å²) in [5.74, 6) is -0.608. The molecule has 0 aliphatic carbocycles. The van der Waals surface area contributed by atoms with Gasteiger partial charge in [-0.15, -0.1) is 0 Å². The van der Waals surface area contributed by atoms with Crippen molar-refractivity contribution in [1.82, 2.24) is 5.32 Å². The van der Waals surface area contributed by atoms with E-state index in [1.165, 1.54) is 122 Å². The number of likely N-dealkylation sites (N-methyl/N-ethyl adjacent to an activating group) is 1. The zero-order valence-electron chi connectivity index (χ0n) is 42.9. The van der Waals surface area contributed by atoms with E-state index in [1.807, 2.05) is 33.3 Å². The molecule has 0 aliphatic heterocycles. The summed E-state index contributed by atoms with van der Waals surface area (Å²) < 4.78 is 30.1. The maximum atomic E-state index is 13.4. The van der Waals surface area contributed by atoms with Crippen LogP contribution in [0.1, 0.15) is 226 Å². The zero-order chi connectivity index (χ0) is 48.0. The van der Waals surface area contributed by atoms with Gasteiger partial charge in [0.2, 0.25) is 5.91 Å². The average molecular weight is 933 g/mol. The number of hydrogen-bond acceptors (Lipinski definition) is 7. The van der Waals surface area contributed by atoms with Gasteiger partial charge in [-0.2, -0.15) is 0 Å². The smallest absolute Gasteiger partial charge is 0.306 e. The molecule has 0 aliphatic rings. The van der Waals surface area contributed by atoms with Crippen LogP contribution in [-0.2, 0) is 27.9 Å². The predicted octanol–water partition coefficient (Wildman–Crippen LogP) is 14.9. The predicted molar refractivity (Wildman–Crippen MR) is 275 cm³/mol. The standard InChI is InChI=1S/C55H101N2O7P/c1-7-10-13-16-19-22-25-26-27-28-29-30-33-35-38-41-44-47-54(58)56-52(51-63-65(60,61)62-50-49-57(4,5)6)53(46-43-40-37-34-31-23-20-17-14-11-8-2)64-55(59)48-45-42-39-36-32-24-21-18-15-12-9-3/h19,22,26-27,29-30,35,38,43,46,52-53H,7-18,20-21,23-25,28,31-34,36-37,39-42,44-45,47-51H2,1-6H3,(H-,56,58,60,61)/b22-19-,27-26-,30-29-,38-35-,46-43-. The fourth-order valence-corrected chi connectivity index (χ4v) is 8.00. The van der Waals surface area contributed by atoms with Crippen LogP contribution in [0, 0.1) is 0 Å². The highest BCUT2D eigenvalue weighted by molar-refractivity contribution is 7.45.